The van der Waals surface area contributed by atoms with Gasteiger partial charge in [0.15, 0.2) is 5.16 Å². The van der Waals surface area contributed by atoms with Gasteiger partial charge in [0.2, 0.25) is 0 Å². The van der Waals surface area contributed by atoms with E-state index in [2.05, 4.69) is 15.3 Å². The van der Waals surface area contributed by atoms with E-state index >= 15 is 0 Å². The molecule has 0 atom stereocenters. The number of carbonyl (C=O) groups is 1. The average Bonchev–Trinajstić information content (AvgIpc) is 2.56. The molecule has 1 N–H and O–H groups in total. The van der Waals surface area contributed by atoms with Crippen LogP contribution in [-0.2, 0) is 0 Å². The number of amides is 1. The lowest BCUT2D eigenvalue weighted by Gasteiger charge is -2.08. The summed E-state index contributed by atoms with van der Waals surface area (Å²) in [7, 11) is 0. The van der Waals surface area contributed by atoms with Gasteiger partial charge in [-0.1, -0.05) is 23.7 Å². The van der Waals surface area contributed by atoms with Crippen LogP contribution in [0.3, 0.4) is 0 Å². The number of rotatable bonds is 4. The highest BCUT2D eigenvalue weighted by molar-refractivity contribution is 7.99. The van der Waals surface area contributed by atoms with E-state index in [1.807, 2.05) is 44.2 Å². The molecule has 4 nitrogen and oxygen atoms in total. The Morgan fingerprint density at radius 3 is 2.28 bits per heavy atom. The quantitative estimate of drug-likeness (QED) is 0.646. The second-order valence-corrected chi connectivity index (χ2v) is 6.94. The third kappa shape index (κ3) is 4.59. The van der Waals surface area contributed by atoms with Crippen LogP contribution in [-0.4, -0.2) is 15.9 Å². The molecule has 25 heavy (non-hydrogen) atoms. The van der Waals surface area contributed by atoms with Gasteiger partial charge in [-0.05, 0) is 68.1 Å². The minimum atomic E-state index is -0.233. The fraction of sp³-hybridized carbons (Fsp3) is 0.105. The molecule has 0 spiro atoms. The van der Waals surface area contributed by atoms with Crippen LogP contribution in [0.2, 0.25) is 5.02 Å². The Kier molecular flexibility index (Phi) is 5.36. The van der Waals surface area contributed by atoms with E-state index in [0.29, 0.717) is 21.4 Å². The number of anilines is 1. The molecule has 0 fully saturated rings. The Hall–Kier alpha value is -2.37. The van der Waals surface area contributed by atoms with Gasteiger partial charge in [0.25, 0.3) is 5.91 Å². The summed E-state index contributed by atoms with van der Waals surface area (Å²) < 4.78 is 0. The summed E-state index contributed by atoms with van der Waals surface area (Å²) >= 11 is 7.53. The molecule has 0 radical (unpaired) electrons. The van der Waals surface area contributed by atoms with Crippen LogP contribution in [0.5, 0.6) is 0 Å². The van der Waals surface area contributed by atoms with Crippen molar-refractivity contribution in [1.29, 1.82) is 0 Å². The zero-order valence-electron chi connectivity index (χ0n) is 13.8. The standard InChI is InChI=1S/C19H16ClN3OS/c1-12-11-13(2)22-19(21-12)25-15-9-7-14(8-10-15)23-18(24)16-5-3-4-6-17(16)20/h3-11H,1-2H3,(H,23,24). The first-order valence-corrected chi connectivity index (χ1v) is 8.87. The van der Waals surface area contributed by atoms with Crippen LogP contribution in [0.4, 0.5) is 5.69 Å². The molecule has 2 aromatic carbocycles. The van der Waals surface area contributed by atoms with Crippen LogP contribution in [0.25, 0.3) is 0 Å². The van der Waals surface area contributed by atoms with Crippen LogP contribution < -0.4 is 5.32 Å². The van der Waals surface area contributed by atoms with E-state index in [9.17, 15) is 4.79 Å². The highest BCUT2D eigenvalue weighted by Crippen LogP contribution is 2.26. The molecule has 0 unspecified atom stereocenters. The number of halogens is 1. The van der Waals surface area contributed by atoms with Gasteiger partial charge in [-0.25, -0.2) is 9.97 Å². The van der Waals surface area contributed by atoms with E-state index in [0.717, 1.165) is 16.3 Å². The summed E-state index contributed by atoms with van der Waals surface area (Å²) in [6.45, 7) is 3.90. The van der Waals surface area contributed by atoms with Crippen molar-refractivity contribution in [2.45, 2.75) is 23.9 Å². The maximum atomic E-state index is 12.3. The Morgan fingerprint density at radius 1 is 1.00 bits per heavy atom. The maximum Gasteiger partial charge on any atom is 0.257 e. The van der Waals surface area contributed by atoms with Crippen molar-refractivity contribution < 1.29 is 4.79 Å². The highest BCUT2D eigenvalue weighted by Gasteiger charge is 2.10. The lowest BCUT2D eigenvalue weighted by Crippen LogP contribution is -2.12. The molecule has 1 aromatic heterocycles. The van der Waals surface area contributed by atoms with Crippen LogP contribution in [0.1, 0.15) is 21.7 Å². The Balaban J connectivity index is 1.70. The van der Waals surface area contributed by atoms with Gasteiger partial charge < -0.3 is 5.32 Å². The molecule has 0 aliphatic carbocycles. The van der Waals surface area contributed by atoms with Gasteiger partial charge in [-0.3, -0.25) is 4.79 Å². The summed E-state index contributed by atoms with van der Waals surface area (Å²) in [5.74, 6) is -0.233. The Labute approximate surface area is 155 Å². The van der Waals surface area contributed by atoms with Gasteiger partial charge in [0.05, 0.1) is 10.6 Å². The monoisotopic (exact) mass is 369 g/mol. The molecule has 126 valence electrons. The SMILES string of the molecule is Cc1cc(C)nc(Sc2ccc(NC(=O)c3ccccc3Cl)cc2)n1. The topological polar surface area (TPSA) is 54.9 Å². The highest BCUT2D eigenvalue weighted by atomic mass is 35.5. The lowest BCUT2D eigenvalue weighted by molar-refractivity contribution is 0.102. The van der Waals surface area contributed by atoms with Gasteiger partial charge in [-0.2, -0.15) is 0 Å². The average molecular weight is 370 g/mol. The van der Waals surface area contributed by atoms with E-state index in [1.165, 1.54) is 11.8 Å². The number of aromatic nitrogens is 2. The van der Waals surface area contributed by atoms with Crippen molar-refractivity contribution in [3.05, 3.63) is 76.6 Å². The number of aryl methyl sites for hydroxylation is 2. The maximum absolute atomic E-state index is 12.3. The summed E-state index contributed by atoms with van der Waals surface area (Å²) in [4.78, 5) is 22.1. The van der Waals surface area contributed by atoms with Crippen molar-refractivity contribution in [1.82, 2.24) is 9.97 Å². The third-order valence-corrected chi connectivity index (χ3v) is 4.60. The van der Waals surface area contributed by atoms with Crippen molar-refractivity contribution in [2.24, 2.45) is 0 Å². The zero-order valence-corrected chi connectivity index (χ0v) is 15.4. The van der Waals surface area contributed by atoms with Crippen molar-refractivity contribution in [3.8, 4) is 0 Å². The minimum absolute atomic E-state index is 0.233. The first-order valence-electron chi connectivity index (χ1n) is 7.67. The number of hydrogen-bond acceptors (Lipinski definition) is 4. The third-order valence-electron chi connectivity index (χ3n) is 3.40. The molecule has 0 saturated carbocycles. The summed E-state index contributed by atoms with van der Waals surface area (Å²) in [5.41, 5.74) is 3.04. The zero-order chi connectivity index (χ0) is 17.8. The smallest absolute Gasteiger partial charge is 0.257 e. The van der Waals surface area contributed by atoms with E-state index in [4.69, 9.17) is 11.6 Å². The lowest BCUT2D eigenvalue weighted by atomic mass is 10.2. The fourth-order valence-corrected chi connectivity index (χ4v) is 3.38. The number of carbonyl (C=O) groups excluding carboxylic acids is 1. The van der Waals surface area contributed by atoms with Gasteiger partial charge in [0, 0.05) is 22.0 Å². The molecular weight excluding hydrogens is 354 g/mol. The number of nitrogens with zero attached hydrogens (tertiary/aromatic N) is 2. The fourth-order valence-electron chi connectivity index (χ4n) is 2.29. The van der Waals surface area contributed by atoms with E-state index in [1.54, 1.807) is 24.3 Å². The molecule has 1 heterocycles. The summed E-state index contributed by atoms with van der Waals surface area (Å²) in [6.07, 6.45) is 0. The molecule has 0 aliphatic heterocycles. The second-order valence-electron chi connectivity index (χ2n) is 5.49. The number of benzene rings is 2. The summed E-state index contributed by atoms with van der Waals surface area (Å²) in [6, 6.07) is 16.4. The Morgan fingerprint density at radius 2 is 1.64 bits per heavy atom. The van der Waals surface area contributed by atoms with E-state index in [-0.39, 0.29) is 5.91 Å². The molecule has 3 rings (SSSR count). The number of nitrogens with one attached hydrogen (secondary N) is 1. The van der Waals surface area contributed by atoms with Crippen molar-refractivity contribution >= 4 is 35.0 Å². The number of hydrogen-bond donors (Lipinski definition) is 1. The van der Waals surface area contributed by atoms with Gasteiger partial charge in [0.1, 0.15) is 0 Å². The van der Waals surface area contributed by atoms with Crippen LogP contribution in [0, 0.1) is 13.8 Å². The molecule has 0 saturated heterocycles. The molecule has 6 heteroatoms. The largest absolute Gasteiger partial charge is 0.322 e. The molecule has 0 bridgehead atoms. The predicted octanol–water partition coefficient (Wildman–Crippen LogP) is 5.15. The Bertz CT molecular complexity index is 893. The van der Waals surface area contributed by atoms with E-state index < -0.39 is 0 Å². The molecule has 3 aromatic rings. The normalized spacial score (nSPS) is 10.5. The summed E-state index contributed by atoms with van der Waals surface area (Å²) in [5, 5.41) is 3.99. The molecule has 0 aliphatic rings. The first-order chi connectivity index (χ1) is 12.0. The van der Waals surface area contributed by atoms with Crippen LogP contribution in [0.15, 0.2) is 64.6 Å². The molecular formula is C19H16ClN3OS. The second kappa shape index (κ2) is 7.68. The molecule has 1 amide bonds. The minimum Gasteiger partial charge on any atom is -0.322 e. The van der Waals surface area contributed by atoms with Crippen molar-refractivity contribution in [3.63, 3.8) is 0 Å². The van der Waals surface area contributed by atoms with Gasteiger partial charge in [-0.15, -0.1) is 0 Å². The van der Waals surface area contributed by atoms with Crippen molar-refractivity contribution in [2.75, 3.05) is 5.32 Å². The first kappa shape index (κ1) is 17.5. The van der Waals surface area contributed by atoms with Crippen LogP contribution >= 0.6 is 23.4 Å². The van der Waals surface area contributed by atoms with Gasteiger partial charge >= 0.3 is 0 Å². The predicted molar refractivity (Wildman–Crippen MR) is 101 cm³/mol.